The molecule has 1 aromatic carbocycles. The first-order chi connectivity index (χ1) is 8.60. The van der Waals surface area contributed by atoms with E-state index in [1.165, 1.54) is 19.2 Å². The standard InChI is InChI=1S/C12H12FN3O2/c1-14-10-11(17)15-9(16-12(10)18)6-7-2-4-8(13)5-3-7/h2-5,14H,6H2,1H3,(H2,15,16,17,18). The minimum absolute atomic E-state index is 0.0258. The number of aromatic nitrogens is 2. The lowest BCUT2D eigenvalue weighted by atomic mass is 10.1. The van der Waals surface area contributed by atoms with Crippen molar-refractivity contribution in [1.82, 2.24) is 9.97 Å². The molecule has 0 spiro atoms. The van der Waals surface area contributed by atoms with Gasteiger partial charge in [0.1, 0.15) is 11.6 Å². The van der Waals surface area contributed by atoms with Crippen LogP contribution in [0.3, 0.4) is 0 Å². The molecule has 0 radical (unpaired) electrons. The van der Waals surface area contributed by atoms with Crippen LogP contribution in [-0.2, 0) is 6.42 Å². The second-order valence-electron chi connectivity index (χ2n) is 3.76. The number of anilines is 1. The van der Waals surface area contributed by atoms with Crippen LogP contribution in [0.5, 0.6) is 5.88 Å². The van der Waals surface area contributed by atoms with Crippen LogP contribution in [0.1, 0.15) is 11.4 Å². The Kier molecular flexibility index (Phi) is 3.27. The molecule has 0 saturated heterocycles. The Hall–Kier alpha value is -2.37. The highest BCUT2D eigenvalue weighted by atomic mass is 19.1. The minimum atomic E-state index is -0.442. The predicted octanol–water partition coefficient (Wildman–Crippen LogP) is 1.25. The van der Waals surface area contributed by atoms with Crippen molar-refractivity contribution >= 4 is 5.69 Å². The van der Waals surface area contributed by atoms with Crippen molar-refractivity contribution in [2.24, 2.45) is 0 Å². The second-order valence-corrected chi connectivity index (χ2v) is 3.76. The van der Waals surface area contributed by atoms with Gasteiger partial charge in [-0.2, -0.15) is 4.98 Å². The average Bonchev–Trinajstić information content (AvgIpc) is 2.32. The molecule has 5 nitrogen and oxygen atoms in total. The first-order valence-electron chi connectivity index (χ1n) is 5.34. The van der Waals surface area contributed by atoms with Gasteiger partial charge in [0.25, 0.3) is 5.56 Å². The van der Waals surface area contributed by atoms with Gasteiger partial charge in [-0.05, 0) is 17.7 Å². The van der Waals surface area contributed by atoms with E-state index in [2.05, 4.69) is 15.3 Å². The molecular formula is C12H12FN3O2. The van der Waals surface area contributed by atoms with Gasteiger partial charge in [-0.1, -0.05) is 12.1 Å². The molecule has 0 aliphatic heterocycles. The molecule has 3 N–H and O–H groups in total. The highest BCUT2D eigenvalue weighted by molar-refractivity contribution is 5.49. The minimum Gasteiger partial charge on any atom is -0.492 e. The number of nitrogens with zero attached hydrogens (tertiary/aromatic N) is 1. The Bertz CT molecular complexity index is 608. The van der Waals surface area contributed by atoms with Gasteiger partial charge in [-0.25, -0.2) is 4.39 Å². The summed E-state index contributed by atoms with van der Waals surface area (Å²) < 4.78 is 12.7. The molecule has 0 saturated carbocycles. The van der Waals surface area contributed by atoms with Gasteiger partial charge >= 0.3 is 0 Å². The molecule has 94 valence electrons. The van der Waals surface area contributed by atoms with Gasteiger partial charge < -0.3 is 15.4 Å². The molecule has 2 rings (SSSR count). The quantitative estimate of drug-likeness (QED) is 0.765. The van der Waals surface area contributed by atoms with Crippen molar-refractivity contribution in [3.05, 3.63) is 51.8 Å². The first kappa shape index (κ1) is 12.1. The SMILES string of the molecule is CNc1c(O)nc(Cc2ccc(F)cc2)[nH]c1=O. The van der Waals surface area contributed by atoms with Crippen molar-refractivity contribution in [2.75, 3.05) is 12.4 Å². The number of aromatic hydroxyl groups is 1. The number of halogens is 1. The van der Waals surface area contributed by atoms with E-state index in [1.807, 2.05) is 0 Å². The fourth-order valence-electron chi connectivity index (χ4n) is 1.61. The average molecular weight is 249 g/mol. The highest BCUT2D eigenvalue weighted by Gasteiger charge is 2.09. The number of nitrogens with one attached hydrogen (secondary N) is 2. The van der Waals surface area contributed by atoms with Crippen LogP contribution in [0.2, 0.25) is 0 Å². The van der Waals surface area contributed by atoms with Crippen molar-refractivity contribution in [2.45, 2.75) is 6.42 Å². The van der Waals surface area contributed by atoms with E-state index in [0.717, 1.165) is 5.56 Å². The number of rotatable bonds is 3. The van der Waals surface area contributed by atoms with Gasteiger partial charge in [0, 0.05) is 13.5 Å². The van der Waals surface area contributed by atoms with Gasteiger partial charge in [0.05, 0.1) is 0 Å². The zero-order valence-electron chi connectivity index (χ0n) is 9.70. The van der Waals surface area contributed by atoms with Crippen LogP contribution in [-0.4, -0.2) is 22.1 Å². The van der Waals surface area contributed by atoms with Gasteiger partial charge in [0.2, 0.25) is 5.88 Å². The third kappa shape index (κ3) is 2.48. The Morgan fingerprint density at radius 3 is 2.61 bits per heavy atom. The summed E-state index contributed by atoms with van der Waals surface area (Å²) in [6.45, 7) is 0. The Balaban J connectivity index is 2.30. The number of hydrogen-bond acceptors (Lipinski definition) is 4. The predicted molar refractivity (Wildman–Crippen MR) is 65.3 cm³/mol. The van der Waals surface area contributed by atoms with Crippen molar-refractivity contribution in [1.29, 1.82) is 0 Å². The van der Waals surface area contributed by atoms with E-state index in [4.69, 9.17) is 0 Å². The van der Waals surface area contributed by atoms with Crippen molar-refractivity contribution < 1.29 is 9.50 Å². The van der Waals surface area contributed by atoms with E-state index >= 15 is 0 Å². The summed E-state index contributed by atoms with van der Waals surface area (Å²) in [5, 5.41) is 12.1. The molecule has 1 heterocycles. The molecule has 0 unspecified atom stereocenters. The number of benzene rings is 1. The molecule has 0 bridgehead atoms. The number of H-pyrrole nitrogens is 1. The maximum atomic E-state index is 12.7. The largest absolute Gasteiger partial charge is 0.492 e. The van der Waals surface area contributed by atoms with E-state index in [-0.39, 0.29) is 17.4 Å². The summed E-state index contributed by atoms with van der Waals surface area (Å²) in [6, 6.07) is 5.85. The summed E-state index contributed by atoms with van der Waals surface area (Å²) in [5.74, 6) is -0.352. The lowest BCUT2D eigenvalue weighted by Gasteiger charge is -2.05. The molecule has 0 amide bonds. The fourth-order valence-corrected chi connectivity index (χ4v) is 1.61. The molecule has 6 heteroatoms. The third-order valence-corrected chi connectivity index (χ3v) is 2.48. The van der Waals surface area contributed by atoms with Crippen molar-refractivity contribution in [3.63, 3.8) is 0 Å². The molecule has 0 aliphatic carbocycles. The van der Waals surface area contributed by atoms with Crippen LogP contribution in [0.15, 0.2) is 29.1 Å². The fraction of sp³-hybridized carbons (Fsp3) is 0.167. The van der Waals surface area contributed by atoms with Gasteiger partial charge in [-0.15, -0.1) is 0 Å². The first-order valence-corrected chi connectivity index (χ1v) is 5.34. The van der Waals surface area contributed by atoms with Crippen LogP contribution >= 0.6 is 0 Å². The van der Waals surface area contributed by atoms with Gasteiger partial charge in [-0.3, -0.25) is 4.79 Å². The van der Waals surface area contributed by atoms with E-state index < -0.39 is 5.56 Å². The summed E-state index contributed by atoms with van der Waals surface area (Å²) >= 11 is 0. The van der Waals surface area contributed by atoms with E-state index in [0.29, 0.717) is 12.2 Å². The normalized spacial score (nSPS) is 10.3. The van der Waals surface area contributed by atoms with Crippen LogP contribution in [0, 0.1) is 5.82 Å². The summed E-state index contributed by atoms with van der Waals surface area (Å²) in [5.41, 5.74) is 0.371. The Labute approximate surface area is 102 Å². The number of hydrogen-bond donors (Lipinski definition) is 3. The zero-order valence-corrected chi connectivity index (χ0v) is 9.70. The highest BCUT2D eigenvalue weighted by Crippen LogP contribution is 2.14. The molecule has 0 atom stereocenters. The molecule has 1 aromatic heterocycles. The second kappa shape index (κ2) is 4.87. The lowest BCUT2D eigenvalue weighted by molar-refractivity contribution is 0.451. The van der Waals surface area contributed by atoms with Crippen molar-refractivity contribution in [3.8, 4) is 5.88 Å². The van der Waals surface area contributed by atoms with E-state index in [9.17, 15) is 14.3 Å². The molecule has 0 aliphatic rings. The van der Waals surface area contributed by atoms with Crippen LogP contribution in [0.25, 0.3) is 0 Å². The molecular weight excluding hydrogens is 237 g/mol. The Morgan fingerprint density at radius 1 is 1.39 bits per heavy atom. The monoisotopic (exact) mass is 249 g/mol. The summed E-state index contributed by atoms with van der Waals surface area (Å²) in [6.07, 6.45) is 0.313. The maximum Gasteiger partial charge on any atom is 0.278 e. The summed E-state index contributed by atoms with van der Waals surface area (Å²) in [7, 11) is 1.52. The topological polar surface area (TPSA) is 78.0 Å². The summed E-state index contributed by atoms with van der Waals surface area (Å²) in [4.78, 5) is 18.0. The molecule has 0 fully saturated rings. The maximum absolute atomic E-state index is 12.7. The molecule has 18 heavy (non-hydrogen) atoms. The smallest absolute Gasteiger partial charge is 0.278 e. The third-order valence-electron chi connectivity index (χ3n) is 2.48. The number of aromatic amines is 1. The molecule has 2 aromatic rings. The lowest BCUT2D eigenvalue weighted by Crippen LogP contribution is -2.16. The van der Waals surface area contributed by atoms with Crippen LogP contribution in [0.4, 0.5) is 10.1 Å². The van der Waals surface area contributed by atoms with Crippen LogP contribution < -0.4 is 10.9 Å². The zero-order chi connectivity index (χ0) is 13.1. The van der Waals surface area contributed by atoms with Gasteiger partial charge in [0.15, 0.2) is 5.69 Å². The Morgan fingerprint density at radius 2 is 2.06 bits per heavy atom. The van der Waals surface area contributed by atoms with E-state index in [1.54, 1.807) is 12.1 Å².